The summed E-state index contributed by atoms with van der Waals surface area (Å²) in [5, 5.41) is 0. The Balaban J connectivity index is 1.87. The van der Waals surface area contributed by atoms with Crippen molar-refractivity contribution in [1.82, 2.24) is 0 Å². The van der Waals surface area contributed by atoms with Crippen LogP contribution in [0.5, 0.6) is 23.0 Å². The van der Waals surface area contributed by atoms with E-state index in [9.17, 15) is 0 Å². The highest BCUT2D eigenvalue weighted by atomic mass is 16.5. The SMILES string of the molecule is Cc1cccc(Oc2ccc(-c3cccc(C)c3C)c(Oc3cccc(C)c3C)c2-c2cccc(C)c2C)c1C. The molecule has 202 valence electrons. The first-order chi connectivity index (χ1) is 19.2. The van der Waals surface area contributed by atoms with Gasteiger partial charge in [-0.15, -0.1) is 0 Å². The molecule has 0 unspecified atom stereocenters. The summed E-state index contributed by atoms with van der Waals surface area (Å²) >= 11 is 0. The number of aryl methyl sites for hydroxylation is 4. The normalized spacial score (nSPS) is 11.0. The zero-order valence-electron chi connectivity index (χ0n) is 24.9. The van der Waals surface area contributed by atoms with E-state index in [2.05, 4.69) is 128 Å². The van der Waals surface area contributed by atoms with Crippen LogP contribution in [-0.4, -0.2) is 0 Å². The molecule has 0 radical (unpaired) electrons. The molecule has 2 heteroatoms. The van der Waals surface area contributed by atoms with Gasteiger partial charge in [0, 0.05) is 5.56 Å². The zero-order valence-corrected chi connectivity index (χ0v) is 24.9. The summed E-state index contributed by atoms with van der Waals surface area (Å²) in [6.07, 6.45) is 0. The van der Waals surface area contributed by atoms with Crippen LogP contribution in [0.3, 0.4) is 0 Å². The minimum Gasteiger partial charge on any atom is -0.456 e. The van der Waals surface area contributed by atoms with Gasteiger partial charge < -0.3 is 9.47 Å². The summed E-state index contributed by atoms with van der Waals surface area (Å²) in [4.78, 5) is 0. The van der Waals surface area contributed by atoms with Gasteiger partial charge in [0.2, 0.25) is 0 Å². The Morgan fingerprint density at radius 2 is 0.800 bits per heavy atom. The third-order valence-corrected chi connectivity index (χ3v) is 8.43. The second-order valence-corrected chi connectivity index (χ2v) is 10.9. The van der Waals surface area contributed by atoms with Crippen molar-refractivity contribution in [2.75, 3.05) is 0 Å². The average molecular weight is 527 g/mol. The maximum absolute atomic E-state index is 7.00. The Hall–Kier alpha value is -4.30. The van der Waals surface area contributed by atoms with Crippen molar-refractivity contribution in [2.24, 2.45) is 0 Å². The molecule has 0 spiro atoms. The Bertz CT molecular complexity index is 1720. The Labute approximate surface area is 239 Å². The second-order valence-electron chi connectivity index (χ2n) is 10.9. The fraction of sp³-hybridized carbons (Fsp3) is 0.211. The van der Waals surface area contributed by atoms with Crippen molar-refractivity contribution in [3.63, 3.8) is 0 Å². The Morgan fingerprint density at radius 3 is 1.38 bits per heavy atom. The van der Waals surface area contributed by atoms with Crippen LogP contribution in [0.1, 0.15) is 44.5 Å². The van der Waals surface area contributed by atoms with E-state index in [1.54, 1.807) is 0 Å². The van der Waals surface area contributed by atoms with Gasteiger partial charge in [0.05, 0.1) is 5.56 Å². The predicted molar refractivity (Wildman–Crippen MR) is 168 cm³/mol. The van der Waals surface area contributed by atoms with Crippen LogP contribution >= 0.6 is 0 Å². The topological polar surface area (TPSA) is 18.5 Å². The third-order valence-electron chi connectivity index (χ3n) is 8.43. The van der Waals surface area contributed by atoms with E-state index in [0.29, 0.717) is 0 Å². The van der Waals surface area contributed by atoms with E-state index >= 15 is 0 Å². The monoisotopic (exact) mass is 526 g/mol. The molecule has 0 heterocycles. The molecular weight excluding hydrogens is 488 g/mol. The van der Waals surface area contributed by atoms with Gasteiger partial charge in [-0.25, -0.2) is 0 Å². The molecule has 0 aliphatic heterocycles. The van der Waals surface area contributed by atoms with Gasteiger partial charge >= 0.3 is 0 Å². The van der Waals surface area contributed by atoms with E-state index in [-0.39, 0.29) is 0 Å². The molecule has 0 amide bonds. The molecule has 40 heavy (non-hydrogen) atoms. The first-order valence-electron chi connectivity index (χ1n) is 14.0. The molecule has 5 aromatic carbocycles. The number of hydrogen-bond acceptors (Lipinski definition) is 2. The molecule has 0 aliphatic rings. The van der Waals surface area contributed by atoms with Crippen molar-refractivity contribution in [1.29, 1.82) is 0 Å². The van der Waals surface area contributed by atoms with Gasteiger partial charge in [0.15, 0.2) is 0 Å². The molecule has 5 aromatic rings. The van der Waals surface area contributed by atoms with Gasteiger partial charge in [0.1, 0.15) is 23.0 Å². The summed E-state index contributed by atoms with van der Waals surface area (Å²) < 4.78 is 13.8. The van der Waals surface area contributed by atoms with Gasteiger partial charge in [-0.1, -0.05) is 60.7 Å². The van der Waals surface area contributed by atoms with Crippen molar-refractivity contribution in [2.45, 2.75) is 55.4 Å². The van der Waals surface area contributed by atoms with Gasteiger partial charge in [-0.3, -0.25) is 0 Å². The number of ether oxygens (including phenoxy) is 2. The molecule has 0 saturated carbocycles. The lowest BCUT2D eigenvalue weighted by Crippen LogP contribution is -2.01. The lowest BCUT2D eigenvalue weighted by molar-refractivity contribution is 0.460. The minimum absolute atomic E-state index is 0.775. The fourth-order valence-electron chi connectivity index (χ4n) is 5.19. The highest BCUT2D eigenvalue weighted by Crippen LogP contribution is 2.50. The molecule has 0 saturated heterocycles. The summed E-state index contributed by atoms with van der Waals surface area (Å²) in [5.74, 6) is 3.28. The van der Waals surface area contributed by atoms with E-state index < -0.39 is 0 Å². The van der Waals surface area contributed by atoms with Gasteiger partial charge in [0.25, 0.3) is 0 Å². The van der Waals surface area contributed by atoms with Crippen LogP contribution in [0.25, 0.3) is 22.3 Å². The summed E-state index contributed by atoms with van der Waals surface area (Å²) in [6, 6.07) is 29.6. The number of benzene rings is 5. The second kappa shape index (κ2) is 11.1. The van der Waals surface area contributed by atoms with Crippen molar-refractivity contribution < 1.29 is 9.47 Å². The maximum Gasteiger partial charge on any atom is 0.146 e. The first kappa shape index (κ1) is 27.3. The molecule has 0 N–H and O–H groups in total. The highest BCUT2D eigenvalue weighted by Gasteiger charge is 2.24. The van der Waals surface area contributed by atoms with Crippen LogP contribution in [0, 0.1) is 55.4 Å². The molecular formula is C38H38O2. The van der Waals surface area contributed by atoms with Crippen LogP contribution in [0.15, 0.2) is 84.9 Å². The minimum atomic E-state index is 0.775. The maximum atomic E-state index is 7.00. The van der Waals surface area contributed by atoms with Crippen molar-refractivity contribution in [3.8, 4) is 45.3 Å². The van der Waals surface area contributed by atoms with Crippen molar-refractivity contribution in [3.05, 3.63) is 129 Å². The lowest BCUT2D eigenvalue weighted by Gasteiger charge is -2.23. The Morgan fingerprint density at radius 1 is 0.350 bits per heavy atom. The lowest BCUT2D eigenvalue weighted by atomic mass is 9.90. The van der Waals surface area contributed by atoms with E-state index in [1.165, 1.54) is 33.4 Å². The van der Waals surface area contributed by atoms with E-state index in [1.807, 2.05) is 12.1 Å². The zero-order chi connectivity index (χ0) is 28.6. The third kappa shape index (κ3) is 5.02. The summed E-state index contributed by atoms with van der Waals surface area (Å²) in [6.45, 7) is 17.2. The molecule has 0 bridgehead atoms. The molecule has 0 fully saturated rings. The Kier molecular flexibility index (Phi) is 7.54. The quantitative estimate of drug-likeness (QED) is 0.219. The molecule has 0 aromatic heterocycles. The van der Waals surface area contributed by atoms with Crippen LogP contribution in [-0.2, 0) is 0 Å². The van der Waals surface area contributed by atoms with Crippen LogP contribution in [0.2, 0.25) is 0 Å². The standard InChI is InChI=1S/C38H38O2/c1-23-13-9-17-31(27(23)5)33-21-22-36(39-34-19-11-15-25(3)29(34)7)37(32-18-10-14-24(2)28(32)6)38(33)40-35-20-12-16-26(4)30(35)8/h9-22H,1-8H3. The fourth-order valence-corrected chi connectivity index (χ4v) is 5.19. The highest BCUT2D eigenvalue weighted by molar-refractivity contribution is 5.89. The predicted octanol–water partition coefficient (Wildman–Crippen LogP) is 11.1. The molecule has 0 aliphatic carbocycles. The summed E-state index contributed by atoms with van der Waals surface area (Å²) in [5.41, 5.74) is 13.8. The average Bonchev–Trinajstić information content (AvgIpc) is 2.93. The number of hydrogen-bond donors (Lipinski definition) is 0. The largest absolute Gasteiger partial charge is 0.456 e. The molecule has 2 nitrogen and oxygen atoms in total. The smallest absolute Gasteiger partial charge is 0.146 e. The molecule has 0 atom stereocenters. The molecule has 5 rings (SSSR count). The summed E-state index contributed by atoms with van der Waals surface area (Å²) in [7, 11) is 0. The van der Waals surface area contributed by atoms with E-state index in [0.717, 1.165) is 56.4 Å². The number of rotatable bonds is 6. The van der Waals surface area contributed by atoms with Gasteiger partial charge in [-0.2, -0.15) is 0 Å². The van der Waals surface area contributed by atoms with Gasteiger partial charge in [-0.05, 0) is 135 Å². The first-order valence-corrected chi connectivity index (χ1v) is 14.0. The van der Waals surface area contributed by atoms with E-state index in [4.69, 9.17) is 9.47 Å². The van der Waals surface area contributed by atoms with Crippen LogP contribution < -0.4 is 9.47 Å². The van der Waals surface area contributed by atoms with Crippen LogP contribution in [0.4, 0.5) is 0 Å². The van der Waals surface area contributed by atoms with Crippen molar-refractivity contribution >= 4 is 0 Å².